The summed E-state index contributed by atoms with van der Waals surface area (Å²) < 4.78 is 0. The Balaban J connectivity index is 1.82. The summed E-state index contributed by atoms with van der Waals surface area (Å²) >= 11 is 0. The summed E-state index contributed by atoms with van der Waals surface area (Å²) in [5, 5.41) is 3.42. The maximum atomic E-state index is 3.42. The van der Waals surface area contributed by atoms with Crippen LogP contribution < -0.4 is 5.32 Å². The van der Waals surface area contributed by atoms with Crippen LogP contribution in [0.4, 0.5) is 0 Å². The second-order valence-corrected chi connectivity index (χ2v) is 4.75. The first-order valence-corrected chi connectivity index (χ1v) is 5.92. The van der Waals surface area contributed by atoms with Crippen molar-refractivity contribution in [2.24, 2.45) is 11.8 Å². The Hall–Kier alpha value is -0.560. The maximum Gasteiger partial charge on any atom is -0.00462 e. The van der Waals surface area contributed by atoms with Crippen molar-refractivity contribution in [3.63, 3.8) is 0 Å². The van der Waals surface area contributed by atoms with Gasteiger partial charge in [0.05, 0.1) is 0 Å². The monoisotopic (exact) mass is 191 g/mol. The molecule has 14 heavy (non-hydrogen) atoms. The molecule has 1 saturated heterocycles. The first-order chi connectivity index (χ1) is 6.84. The molecule has 0 radical (unpaired) electrons. The molecule has 1 heteroatoms. The third kappa shape index (κ3) is 2.71. The lowest BCUT2D eigenvalue weighted by Gasteiger charge is -2.24. The topological polar surface area (TPSA) is 12.0 Å². The number of nitrogens with one attached hydrogen (secondary N) is 1. The van der Waals surface area contributed by atoms with E-state index < -0.39 is 0 Å². The standard InChI is InChI=1S/C13H21N/c1-11-2-4-12(5-3-11)10-13-6-8-14-9-7-13/h2,4-5,11,13-14H,3,6-10H2,1H3. The SMILES string of the molecule is CC1C=CC(CC2CCNCC2)=CC1. The van der Waals surface area contributed by atoms with Gasteiger partial charge in [-0.05, 0) is 50.6 Å². The van der Waals surface area contributed by atoms with E-state index in [1.807, 2.05) is 0 Å². The summed E-state index contributed by atoms with van der Waals surface area (Å²) in [6.07, 6.45) is 12.4. The molecule has 1 fully saturated rings. The average Bonchev–Trinajstić information content (AvgIpc) is 2.23. The van der Waals surface area contributed by atoms with Crippen LogP contribution >= 0.6 is 0 Å². The largest absolute Gasteiger partial charge is 0.317 e. The lowest BCUT2D eigenvalue weighted by Crippen LogP contribution is -2.27. The minimum atomic E-state index is 0.756. The highest BCUT2D eigenvalue weighted by Crippen LogP contribution is 2.25. The molecule has 1 aliphatic heterocycles. The van der Waals surface area contributed by atoms with Gasteiger partial charge in [-0.3, -0.25) is 0 Å². The Bertz CT molecular complexity index is 234. The molecular weight excluding hydrogens is 170 g/mol. The van der Waals surface area contributed by atoms with Gasteiger partial charge in [-0.1, -0.05) is 30.7 Å². The molecular formula is C13H21N. The van der Waals surface area contributed by atoms with Crippen LogP contribution in [0.15, 0.2) is 23.8 Å². The van der Waals surface area contributed by atoms with Gasteiger partial charge in [-0.25, -0.2) is 0 Å². The van der Waals surface area contributed by atoms with Crippen molar-refractivity contribution in [1.82, 2.24) is 5.32 Å². The van der Waals surface area contributed by atoms with Crippen molar-refractivity contribution in [3.05, 3.63) is 23.8 Å². The second kappa shape index (κ2) is 4.79. The van der Waals surface area contributed by atoms with E-state index in [2.05, 4.69) is 30.5 Å². The molecule has 0 aromatic heterocycles. The van der Waals surface area contributed by atoms with Gasteiger partial charge in [-0.2, -0.15) is 0 Å². The molecule has 78 valence electrons. The summed E-state index contributed by atoms with van der Waals surface area (Å²) in [5.74, 6) is 1.69. The van der Waals surface area contributed by atoms with Crippen LogP contribution in [-0.4, -0.2) is 13.1 Å². The Kier molecular flexibility index (Phi) is 3.41. The van der Waals surface area contributed by atoms with E-state index in [0.717, 1.165) is 11.8 Å². The highest BCUT2D eigenvalue weighted by atomic mass is 14.9. The zero-order valence-electron chi connectivity index (χ0n) is 9.13. The number of rotatable bonds is 2. The molecule has 0 saturated carbocycles. The van der Waals surface area contributed by atoms with Crippen molar-refractivity contribution in [3.8, 4) is 0 Å². The lowest BCUT2D eigenvalue weighted by molar-refractivity contribution is 0.373. The molecule has 2 aliphatic rings. The lowest BCUT2D eigenvalue weighted by atomic mass is 9.87. The molecule has 0 aromatic rings. The van der Waals surface area contributed by atoms with E-state index in [9.17, 15) is 0 Å². The van der Waals surface area contributed by atoms with Gasteiger partial charge < -0.3 is 5.32 Å². The Labute approximate surface area is 87.3 Å². The van der Waals surface area contributed by atoms with Gasteiger partial charge in [0.2, 0.25) is 0 Å². The summed E-state index contributed by atoms with van der Waals surface area (Å²) in [6.45, 7) is 4.73. The van der Waals surface area contributed by atoms with E-state index in [4.69, 9.17) is 0 Å². The first-order valence-electron chi connectivity index (χ1n) is 5.92. The predicted octanol–water partition coefficient (Wildman–Crippen LogP) is 2.90. The van der Waals surface area contributed by atoms with Crippen LogP contribution in [0.5, 0.6) is 0 Å². The third-order valence-corrected chi connectivity index (χ3v) is 3.37. The van der Waals surface area contributed by atoms with Crippen molar-refractivity contribution in [2.75, 3.05) is 13.1 Å². The Morgan fingerprint density at radius 3 is 2.79 bits per heavy atom. The molecule has 0 bridgehead atoms. The highest BCUT2D eigenvalue weighted by Gasteiger charge is 2.14. The highest BCUT2D eigenvalue weighted by molar-refractivity contribution is 5.23. The van der Waals surface area contributed by atoms with Crippen LogP contribution in [0.3, 0.4) is 0 Å². The van der Waals surface area contributed by atoms with Gasteiger partial charge in [0, 0.05) is 0 Å². The third-order valence-electron chi connectivity index (χ3n) is 3.37. The van der Waals surface area contributed by atoms with E-state index in [1.165, 1.54) is 38.8 Å². The van der Waals surface area contributed by atoms with E-state index in [0.29, 0.717) is 0 Å². The van der Waals surface area contributed by atoms with Crippen molar-refractivity contribution >= 4 is 0 Å². The van der Waals surface area contributed by atoms with Gasteiger partial charge in [0.1, 0.15) is 0 Å². The van der Waals surface area contributed by atoms with Gasteiger partial charge >= 0.3 is 0 Å². The summed E-state index contributed by atoms with van der Waals surface area (Å²) in [7, 11) is 0. The molecule has 2 rings (SSSR count). The smallest absolute Gasteiger partial charge is 0.00462 e. The Morgan fingerprint density at radius 1 is 1.36 bits per heavy atom. The molecule has 0 amide bonds. The fourth-order valence-electron chi connectivity index (χ4n) is 2.34. The van der Waals surface area contributed by atoms with Crippen molar-refractivity contribution in [2.45, 2.75) is 32.6 Å². The fourth-order valence-corrected chi connectivity index (χ4v) is 2.34. The van der Waals surface area contributed by atoms with Crippen molar-refractivity contribution in [1.29, 1.82) is 0 Å². The summed E-state index contributed by atoms with van der Waals surface area (Å²) in [5.41, 5.74) is 1.58. The quantitative estimate of drug-likeness (QED) is 0.707. The fraction of sp³-hybridized carbons (Fsp3) is 0.692. The summed E-state index contributed by atoms with van der Waals surface area (Å²) in [6, 6.07) is 0. The molecule has 1 unspecified atom stereocenters. The number of piperidine rings is 1. The zero-order chi connectivity index (χ0) is 9.80. The van der Waals surface area contributed by atoms with Crippen LogP contribution in [0.1, 0.15) is 32.6 Å². The van der Waals surface area contributed by atoms with Gasteiger partial charge in [0.25, 0.3) is 0 Å². The second-order valence-electron chi connectivity index (χ2n) is 4.75. The van der Waals surface area contributed by atoms with E-state index in [-0.39, 0.29) is 0 Å². The maximum absolute atomic E-state index is 3.42. The van der Waals surface area contributed by atoms with Gasteiger partial charge in [-0.15, -0.1) is 0 Å². The van der Waals surface area contributed by atoms with Crippen LogP contribution in [0.2, 0.25) is 0 Å². The minimum absolute atomic E-state index is 0.756. The molecule has 0 spiro atoms. The molecule has 1 nitrogen and oxygen atoms in total. The van der Waals surface area contributed by atoms with Gasteiger partial charge in [0.15, 0.2) is 0 Å². The number of allylic oxidation sites excluding steroid dienone is 4. The zero-order valence-corrected chi connectivity index (χ0v) is 9.13. The molecule has 1 atom stereocenters. The molecule has 1 N–H and O–H groups in total. The molecule has 0 aromatic carbocycles. The van der Waals surface area contributed by atoms with Crippen LogP contribution in [0.25, 0.3) is 0 Å². The van der Waals surface area contributed by atoms with Crippen LogP contribution in [-0.2, 0) is 0 Å². The number of hydrogen-bond acceptors (Lipinski definition) is 1. The van der Waals surface area contributed by atoms with Crippen LogP contribution in [0, 0.1) is 11.8 Å². The first kappa shape index (κ1) is 9.97. The van der Waals surface area contributed by atoms with Crippen molar-refractivity contribution < 1.29 is 0 Å². The molecule has 1 heterocycles. The summed E-state index contributed by atoms with van der Waals surface area (Å²) in [4.78, 5) is 0. The minimum Gasteiger partial charge on any atom is -0.317 e. The normalized spacial score (nSPS) is 28.9. The Morgan fingerprint density at radius 2 is 2.14 bits per heavy atom. The average molecular weight is 191 g/mol. The number of hydrogen-bond donors (Lipinski definition) is 1. The predicted molar refractivity (Wildman–Crippen MR) is 61.2 cm³/mol. The molecule has 1 aliphatic carbocycles. The van der Waals surface area contributed by atoms with E-state index in [1.54, 1.807) is 5.57 Å². The van der Waals surface area contributed by atoms with E-state index >= 15 is 0 Å².